The first-order valence-corrected chi connectivity index (χ1v) is 17.2. The number of nitrogens with zero attached hydrogens (tertiary/aromatic N) is 4. The van der Waals surface area contributed by atoms with Crippen LogP contribution in [0.5, 0.6) is 0 Å². The average Bonchev–Trinajstić information content (AvgIpc) is 3.13. The van der Waals surface area contributed by atoms with Gasteiger partial charge in [-0.3, -0.25) is 24.2 Å². The topological polar surface area (TPSA) is 192 Å². The Kier molecular flexibility index (Phi) is 10.4. The monoisotopic (exact) mass is 693 g/mol. The van der Waals surface area contributed by atoms with Gasteiger partial charge in [0.1, 0.15) is 24.2 Å². The number of aliphatic carboxylic acids is 1. The summed E-state index contributed by atoms with van der Waals surface area (Å²) < 4.78 is 0. The molecule has 0 bridgehead atoms. The number of carboxylic acids is 1. The van der Waals surface area contributed by atoms with Crippen molar-refractivity contribution in [3.05, 3.63) is 106 Å². The van der Waals surface area contributed by atoms with E-state index < -0.39 is 42.0 Å². The van der Waals surface area contributed by atoms with Crippen molar-refractivity contribution in [2.24, 2.45) is 16.5 Å². The van der Waals surface area contributed by atoms with E-state index in [9.17, 15) is 29.1 Å². The van der Waals surface area contributed by atoms with Crippen molar-refractivity contribution in [1.29, 1.82) is 0 Å². The lowest BCUT2D eigenvalue weighted by atomic mass is 9.89. The van der Waals surface area contributed by atoms with Gasteiger partial charge in [0.25, 0.3) is 0 Å². The van der Waals surface area contributed by atoms with E-state index in [4.69, 9.17) is 11.5 Å². The van der Waals surface area contributed by atoms with Crippen molar-refractivity contribution in [2.45, 2.75) is 82.8 Å². The fourth-order valence-corrected chi connectivity index (χ4v) is 7.46. The second kappa shape index (κ2) is 15.0. The number of amides is 4. The predicted octanol–water partition coefficient (Wildman–Crippen LogP) is 1.49. The molecule has 0 unspecified atom stereocenters. The molecule has 3 aliphatic rings. The number of hydrogen-bond acceptors (Lipinski definition) is 6. The van der Waals surface area contributed by atoms with Gasteiger partial charge in [0.15, 0.2) is 5.96 Å². The number of nitrogens with one attached hydrogen (secondary N) is 1. The Morgan fingerprint density at radius 2 is 1.20 bits per heavy atom. The molecule has 0 aliphatic carbocycles. The first-order valence-electron chi connectivity index (χ1n) is 17.2. The standard InChI is InChI=1S/C38H43N7O6/c1-23(46)43-20-27-12-5-3-10-25(27)18-32(43)36(49)44-21-28-13-6-2-9-24(28)17-31(44)34(47)42-30(15-8-16-41-38(39)40)35(48)45-22-29-14-7-4-11-26(29)19-33(45)37(50)51/h2-7,9-14,30-33H,8,15-22H2,1H3,(H,42,47)(H,50,51)(H4,39,40,41)/t30-,31+,32-,33-/m0/s1. The van der Waals surface area contributed by atoms with Crippen LogP contribution in [0.1, 0.15) is 53.1 Å². The van der Waals surface area contributed by atoms with E-state index in [0.717, 1.165) is 33.4 Å². The second-order valence-electron chi connectivity index (χ2n) is 13.4. The lowest BCUT2D eigenvalue weighted by molar-refractivity contribution is -0.154. The van der Waals surface area contributed by atoms with Crippen LogP contribution in [0.4, 0.5) is 0 Å². The Morgan fingerprint density at radius 1 is 0.725 bits per heavy atom. The molecule has 266 valence electrons. The highest BCUT2D eigenvalue weighted by atomic mass is 16.4. The van der Waals surface area contributed by atoms with Crippen molar-refractivity contribution < 1.29 is 29.1 Å². The molecule has 6 N–H and O–H groups in total. The van der Waals surface area contributed by atoms with Crippen LogP contribution in [-0.4, -0.2) is 86.1 Å². The summed E-state index contributed by atoms with van der Waals surface area (Å²) in [5, 5.41) is 13.1. The summed E-state index contributed by atoms with van der Waals surface area (Å²) in [6.45, 7) is 2.12. The summed E-state index contributed by atoms with van der Waals surface area (Å²) in [4.78, 5) is 77.0. The summed E-state index contributed by atoms with van der Waals surface area (Å²) >= 11 is 0. The van der Waals surface area contributed by atoms with Crippen LogP contribution < -0.4 is 16.8 Å². The molecule has 3 heterocycles. The average molecular weight is 694 g/mol. The summed E-state index contributed by atoms with van der Waals surface area (Å²) in [5.74, 6) is -2.95. The predicted molar refractivity (Wildman–Crippen MR) is 189 cm³/mol. The van der Waals surface area contributed by atoms with E-state index >= 15 is 0 Å². The third-order valence-electron chi connectivity index (χ3n) is 10.1. The van der Waals surface area contributed by atoms with Gasteiger partial charge in [0, 0.05) is 52.4 Å². The van der Waals surface area contributed by atoms with Gasteiger partial charge < -0.3 is 36.6 Å². The molecule has 3 aliphatic heterocycles. The van der Waals surface area contributed by atoms with Gasteiger partial charge in [0.2, 0.25) is 23.6 Å². The quantitative estimate of drug-likeness (QED) is 0.147. The summed E-state index contributed by atoms with van der Waals surface area (Å²) in [6.07, 6.45) is 1.08. The van der Waals surface area contributed by atoms with Crippen molar-refractivity contribution in [3.63, 3.8) is 0 Å². The zero-order valence-electron chi connectivity index (χ0n) is 28.5. The maximum absolute atomic E-state index is 14.6. The van der Waals surface area contributed by atoms with E-state index in [2.05, 4.69) is 10.3 Å². The molecule has 3 aromatic carbocycles. The highest BCUT2D eigenvalue weighted by Crippen LogP contribution is 2.30. The first-order chi connectivity index (χ1) is 24.5. The number of rotatable bonds is 9. The number of fused-ring (bicyclic) bond motifs is 3. The number of guanidine groups is 1. The Balaban J connectivity index is 1.30. The summed E-state index contributed by atoms with van der Waals surface area (Å²) in [7, 11) is 0. The first kappa shape index (κ1) is 35.1. The minimum absolute atomic E-state index is 0.0672. The van der Waals surface area contributed by atoms with Crippen molar-refractivity contribution in [3.8, 4) is 0 Å². The summed E-state index contributed by atoms with van der Waals surface area (Å²) in [5.41, 5.74) is 16.4. The van der Waals surface area contributed by atoms with Gasteiger partial charge in [-0.15, -0.1) is 0 Å². The van der Waals surface area contributed by atoms with Gasteiger partial charge in [-0.2, -0.15) is 0 Å². The van der Waals surface area contributed by atoms with E-state index in [0.29, 0.717) is 12.8 Å². The van der Waals surface area contributed by atoms with Gasteiger partial charge in [0.05, 0.1) is 0 Å². The van der Waals surface area contributed by atoms with Crippen LogP contribution in [0, 0.1) is 0 Å². The molecule has 13 heteroatoms. The van der Waals surface area contributed by atoms with Crippen LogP contribution >= 0.6 is 0 Å². The number of hydrogen-bond donors (Lipinski definition) is 4. The van der Waals surface area contributed by atoms with Gasteiger partial charge in [-0.05, 0) is 46.2 Å². The highest BCUT2D eigenvalue weighted by molar-refractivity contribution is 5.96. The number of aliphatic imine (C=N–C) groups is 1. The number of benzene rings is 3. The molecule has 0 fully saturated rings. The fraction of sp³-hybridized carbons (Fsp3) is 0.368. The Hall–Kier alpha value is -5.72. The van der Waals surface area contributed by atoms with Crippen LogP contribution in [0.2, 0.25) is 0 Å². The SMILES string of the molecule is CC(=O)N1Cc2ccccc2C[C@H]1C(=O)N1Cc2ccccc2C[C@@H]1C(=O)N[C@@H](CCCN=C(N)N)C(=O)N1Cc2ccccc2C[C@H]1C(=O)O. The van der Waals surface area contributed by atoms with Gasteiger partial charge in [-0.1, -0.05) is 72.8 Å². The van der Waals surface area contributed by atoms with E-state index in [-0.39, 0.29) is 63.2 Å². The molecule has 0 radical (unpaired) electrons. The highest BCUT2D eigenvalue weighted by Gasteiger charge is 2.43. The molecule has 0 saturated heterocycles. The largest absolute Gasteiger partial charge is 0.480 e. The molecule has 4 amide bonds. The third kappa shape index (κ3) is 7.57. The molecule has 0 saturated carbocycles. The number of carbonyl (C=O) groups is 5. The Labute approximate surface area is 296 Å². The van der Waals surface area contributed by atoms with E-state index in [1.807, 2.05) is 72.8 Å². The molecule has 0 spiro atoms. The fourth-order valence-electron chi connectivity index (χ4n) is 7.46. The molecular formula is C38H43N7O6. The molecule has 51 heavy (non-hydrogen) atoms. The van der Waals surface area contributed by atoms with Crippen LogP contribution in [0.25, 0.3) is 0 Å². The number of carbonyl (C=O) groups excluding carboxylic acids is 4. The molecule has 3 aromatic rings. The lowest BCUT2D eigenvalue weighted by Crippen LogP contribution is -2.62. The van der Waals surface area contributed by atoms with Crippen molar-refractivity contribution in [1.82, 2.24) is 20.0 Å². The van der Waals surface area contributed by atoms with Gasteiger partial charge in [-0.25, -0.2) is 4.79 Å². The normalized spacial score (nSPS) is 19.9. The van der Waals surface area contributed by atoms with Crippen LogP contribution in [0.15, 0.2) is 77.8 Å². The zero-order valence-corrected chi connectivity index (χ0v) is 28.5. The smallest absolute Gasteiger partial charge is 0.326 e. The maximum atomic E-state index is 14.6. The van der Waals surface area contributed by atoms with E-state index in [1.54, 1.807) is 4.90 Å². The summed E-state index contributed by atoms with van der Waals surface area (Å²) in [6, 6.07) is 18.6. The molecule has 6 rings (SSSR count). The maximum Gasteiger partial charge on any atom is 0.326 e. The number of carboxylic acid groups (broad SMARTS) is 1. The second-order valence-corrected chi connectivity index (χ2v) is 13.4. The Morgan fingerprint density at radius 3 is 1.71 bits per heavy atom. The number of nitrogens with two attached hydrogens (primary N) is 2. The molecule has 13 nitrogen and oxygen atoms in total. The van der Waals surface area contributed by atoms with Crippen molar-refractivity contribution >= 4 is 35.6 Å². The minimum Gasteiger partial charge on any atom is -0.480 e. The molecular weight excluding hydrogens is 650 g/mol. The zero-order chi connectivity index (χ0) is 36.2. The van der Waals surface area contributed by atoms with E-state index in [1.165, 1.54) is 16.7 Å². The van der Waals surface area contributed by atoms with Crippen LogP contribution in [0.3, 0.4) is 0 Å². The van der Waals surface area contributed by atoms with Gasteiger partial charge >= 0.3 is 5.97 Å². The molecule has 0 aromatic heterocycles. The third-order valence-corrected chi connectivity index (χ3v) is 10.1. The molecule has 4 atom stereocenters. The lowest BCUT2D eigenvalue weighted by Gasteiger charge is -2.42. The Bertz CT molecular complexity index is 1870. The van der Waals surface area contributed by atoms with Crippen molar-refractivity contribution in [2.75, 3.05) is 6.54 Å². The van der Waals surface area contributed by atoms with Crippen LogP contribution in [-0.2, 0) is 62.9 Å². The minimum atomic E-state index is -1.15.